The van der Waals surface area contributed by atoms with Crippen LogP contribution in [0.25, 0.3) is 11.4 Å². The Morgan fingerprint density at radius 3 is 2.57 bits per heavy atom. The fourth-order valence-electron chi connectivity index (χ4n) is 3.82. The van der Waals surface area contributed by atoms with Gasteiger partial charge in [0.1, 0.15) is 11.5 Å². The highest BCUT2D eigenvalue weighted by atomic mass is 16.5. The van der Waals surface area contributed by atoms with Crippen LogP contribution in [0.1, 0.15) is 49.0 Å². The number of nitrogens with zero attached hydrogens (tertiary/aromatic N) is 3. The molecule has 0 spiro atoms. The Balaban J connectivity index is 1.59. The summed E-state index contributed by atoms with van der Waals surface area (Å²) in [6.07, 6.45) is 6.88. The van der Waals surface area contributed by atoms with Gasteiger partial charge in [0.15, 0.2) is 5.82 Å². The quantitative estimate of drug-likeness (QED) is 0.856. The topological polar surface area (TPSA) is 67.3 Å². The molecule has 1 aromatic carbocycles. The van der Waals surface area contributed by atoms with Crippen LogP contribution < -0.4 is 5.32 Å². The lowest BCUT2D eigenvalue weighted by atomic mass is 10.2. The highest BCUT2D eigenvalue weighted by Gasteiger charge is 2.21. The highest BCUT2D eigenvalue weighted by Crippen LogP contribution is 2.21. The number of amides is 1. The number of carbonyl (C=O) groups is 1. The van der Waals surface area contributed by atoms with E-state index in [0.717, 1.165) is 50.9 Å². The minimum atomic E-state index is 0.00153. The van der Waals surface area contributed by atoms with Gasteiger partial charge in [0.05, 0.1) is 6.10 Å². The van der Waals surface area contributed by atoms with E-state index in [9.17, 15) is 4.79 Å². The number of rotatable bonds is 5. The molecule has 0 bridgehead atoms. The third-order valence-electron chi connectivity index (χ3n) is 5.41. The number of carbonyl (C=O) groups excluding carboxylic acids is 1. The second kappa shape index (κ2) is 9.15. The maximum Gasteiger partial charge on any atom is 0.272 e. The van der Waals surface area contributed by atoms with Crippen LogP contribution in [0, 0.1) is 0 Å². The van der Waals surface area contributed by atoms with Crippen molar-refractivity contribution in [1.29, 1.82) is 0 Å². The van der Waals surface area contributed by atoms with Gasteiger partial charge >= 0.3 is 0 Å². The molecule has 0 radical (unpaired) electrons. The van der Waals surface area contributed by atoms with Crippen molar-refractivity contribution in [2.24, 2.45) is 0 Å². The lowest BCUT2D eigenvalue weighted by Gasteiger charge is -2.20. The van der Waals surface area contributed by atoms with Gasteiger partial charge in [-0.15, -0.1) is 0 Å². The van der Waals surface area contributed by atoms with Crippen LogP contribution >= 0.6 is 0 Å². The van der Waals surface area contributed by atoms with Crippen molar-refractivity contribution in [2.45, 2.75) is 44.6 Å². The zero-order chi connectivity index (χ0) is 19.2. The highest BCUT2D eigenvalue weighted by molar-refractivity contribution is 5.93. The maximum atomic E-state index is 13.1. The van der Waals surface area contributed by atoms with Crippen LogP contribution in [-0.2, 0) is 4.74 Å². The molecule has 4 rings (SSSR count). The van der Waals surface area contributed by atoms with Crippen LogP contribution in [0.15, 0.2) is 36.4 Å². The summed E-state index contributed by atoms with van der Waals surface area (Å²) in [5.41, 5.74) is 1.37. The normalized spacial score (nSPS) is 20.0. The summed E-state index contributed by atoms with van der Waals surface area (Å²) in [6.45, 7) is 3.14. The summed E-state index contributed by atoms with van der Waals surface area (Å²) < 4.78 is 5.70. The molecule has 0 saturated carbocycles. The van der Waals surface area contributed by atoms with Crippen LogP contribution in [0.5, 0.6) is 0 Å². The number of ether oxygens (including phenoxy) is 1. The van der Waals surface area contributed by atoms with Crippen LogP contribution in [0.4, 0.5) is 5.82 Å². The molecule has 6 heteroatoms. The van der Waals surface area contributed by atoms with E-state index in [-0.39, 0.29) is 12.0 Å². The van der Waals surface area contributed by atoms with Crippen molar-refractivity contribution in [3.05, 3.63) is 42.1 Å². The van der Waals surface area contributed by atoms with Crippen molar-refractivity contribution < 1.29 is 9.53 Å². The minimum absolute atomic E-state index is 0.00153. The van der Waals surface area contributed by atoms with E-state index in [4.69, 9.17) is 4.74 Å². The van der Waals surface area contributed by atoms with Gasteiger partial charge in [0.2, 0.25) is 0 Å². The molecule has 2 aliphatic rings. The molecular weight excluding hydrogens is 352 g/mol. The van der Waals surface area contributed by atoms with Gasteiger partial charge in [-0.3, -0.25) is 4.79 Å². The summed E-state index contributed by atoms with van der Waals surface area (Å²) in [7, 11) is 0. The molecule has 28 heavy (non-hydrogen) atoms. The first-order chi connectivity index (χ1) is 13.8. The first kappa shape index (κ1) is 18.9. The van der Waals surface area contributed by atoms with E-state index in [1.54, 1.807) is 6.07 Å². The first-order valence-electron chi connectivity index (χ1n) is 10.4. The van der Waals surface area contributed by atoms with Gasteiger partial charge in [-0.2, -0.15) is 0 Å². The number of hydrogen-bond acceptors (Lipinski definition) is 5. The van der Waals surface area contributed by atoms with Crippen molar-refractivity contribution in [3.63, 3.8) is 0 Å². The summed E-state index contributed by atoms with van der Waals surface area (Å²) in [5, 5.41) is 3.36. The van der Waals surface area contributed by atoms with E-state index in [1.807, 2.05) is 35.2 Å². The Labute approximate surface area is 166 Å². The summed E-state index contributed by atoms with van der Waals surface area (Å²) in [4.78, 5) is 24.3. The predicted molar refractivity (Wildman–Crippen MR) is 109 cm³/mol. The van der Waals surface area contributed by atoms with Gasteiger partial charge in [-0.25, -0.2) is 9.97 Å². The number of aromatic nitrogens is 2. The molecule has 3 heterocycles. The molecule has 2 fully saturated rings. The fourth-order valence-corrected chi connectivity index (χ4v) is 3.82. The van der Waals surface area contributed by atoms with E-state index < -0.39 is 0 Å². The summed E-state index contributed by atoms with van der Waals surface area (Å²) in [5.74, 6) is 1.26. The van der Waals surface area contributed by atoms with Crippen molar-refractivity contribution in [2.75, 3.05) is 31.6 Å². The zero-order valence-corrected chi connectivity index (χ0v) is 16.3. The van der Waals surface area contributed by atoms with Crippen LogP contribution in [0.3, 0.4) is 0 Å². The smallest absolute Gasteiger partial charge is 0.272 e. The SMILES string of the molecule is O=C(c1cc(NCC2CCCO2)nc(-c2ccccc2)n1)N1CCCCCC1. The average molecular weight is 380 g/mol. The Bertz CT molecular complexity index is 782. The van der Waals surface area contributed by atoms with E-state index in [1.165, 1.54) is 12.8 Å². The molecule has 0 aliphatic carbocycles. The number of nitrogens with one attached hydrogen (secondary N) is 1. The van der Waals surface area contributed by atoms with Crippen LogP contribution in [0.2, 0.25) is 0 Å². The largest absolute Gasteiger partial charge is 0.376 e. The molecule has 2 saturated heterocycles. The molecule has 1 amide bonds. The first-order valence-corrected chi connectivity index (χ1v) is 10.4. The third kappa shape index (κ3) is 4.68. The number of anilines is 1. The molecule has 148 valence electrons. The van der Waals surface area contributed by atoms with Crippen LogP contribution in [-0.4, -0.2) is 53.1 Å². The van der Waals surface area contributed by atoms with Gasteiger partial charge in [-0.05, 0) is 25.7 Å². The molecule has 1 N–H and O–H groups in total. The number of likely N-dealkylation sites (tertiary alicyclic amines) is 1. The third-order valence-corrected chi connectivity index (χ3v) is 5.41. The molecule has 2 aliphatic heterocycles. The molecule has 1 unspecified atom stereocenters. The second-order valence-corrected chi connectivity index (χ2v) is 7.55. The Morgan fingerprint density at radius 2 is 1.86 bits per heavy atom. The predicted octanol–water partition coefficient (Wildman–Crippen LogP) is 3.75. The number of benzene rings is 1. The second-order valence-electron chi connectivity index (χ2n) is 7.55. The van der Waals surface area contributed by atoms with Crippen molar-refractivity contribution >= 4 is 11.7 Å². The van der Waals surface area contributed by atoms with E-state index in [0.29, 0.717) is 23.9 Å². The Hall–Kier alpha value is -2.47. The van der Waals surface area contributed by atoms with Gasteiger partial charge in [-0.1, -0.05) is 43.2 Å². The standard InChI is InChI=1S/C22H28N4O2/c27-22(26-12-6-1-2-7-13-26)19-15-20(23-16-18-11-8-14-28-18)25-21(24-19)17-9-4-3-5-10-17/h3-5,9-10,15,18H,1-2,6-8,11-14,16H2,(H,23,24,25). The van der Waals surface area contributed by atoms with E-state index >= 15 is 0 Å². The summed E-state index contributed by atoms with van der Waals surface area (Å²) in [6, 6.07) is 11.6. The van der Waals surface area contributed by atoms with Crippen molar-refractivity contribution in [3.8, 4) is 11.4 Å². The lowest BCUT2D eigenvalue weighted by molar-refractivity contribution is 0.0756. The molecule has 1 aromatic heterocycles. The average Bonchev–Trinajstić information content (AvgIpc) is 3.12. The molecule has 6 nitrogen and oxygen atoms in total. The maximum absolute atomic E-state index is 13.1. The van der Waals surface area contributed by atoms with Gasteiger partial charge in [0, 0.05) is 37.9 Å². The zero-order valence-electron chi connectivity index (χ0n) is 16.3. The fraction of sp³-hybridized carbons (Fsp3) is 0.500. The van der Waals surface area contributed by atoms with E-state index in [2.05, 4.69) is 15.3 Å². The molecule has 2 aromatic rings. The Kier molecular flexibility index (Phi) is 6.17. The minimum Gasteiger partial charge on any atom is -0.376 e. The van der Waals surface area contributed by atoms with Gasteiger partial charge < -0.3 is 15.0 Å². The lowest BCUT2D eigenvalue weighted by Crippen LogP contribution is -2.32. The molecule has 1 atom stereocenters. The van der Waals surface area contributed by atoms with Gasteiger partial charge in [0.25, 0.3) is 5.91 Å². The number of hydrogen-bond donors (Lipinski definition) is 1. The molecular formula is C22H28N4O2. The Morgan fingerprint density at radius 1 is 1.07 bits per heavy atom. The summed E-state index contributed by atoms with van der Waals surface area (Å²) >= 11 is 0. The van der Waals surface area contributed by atoms with Crippen molar-refractivity contribution in [1.82, 2.24) is 14.9 Å². The monoisotopic (exact) mass is 380 g/mol.